The van der Waals surface area contributed by atoms with E-state index in [4.69, 9.17) is 49.7 Å². The molecule has 15 aromatic heterocycles. The fourth-order valence-electron chi connectivity index (χ4n) is 18.9. The van der Waals surface area contributed by atoms with Crippen molar-refractivity contribution in [2.45, 2.75) is 174 Å². The van der Waals surface area contributed by atoms with Crippen LogP contribution in [0.1, 0.15) is 146 Å². The van der Waals surface area contributed by atoms with Gasteiger partial charge in [0.05, 0.1) is 76.1 Å². The maximum Gasteiger partial charge on any atom is 0.256 e. The number of nitrogens with one attached hydrogen (secondary N) is 3. The minimum absolute atomic E-state index is 0.0442. The van der Waals surface area contributed by atoms with Crippen LogP contribution in [0.2, 0.25) is 0 Å². The Balaban J connectivity index is 0.000000116. The summed E-state index contributed by atoms with van der Waals surface area (Å²) in [7, 11) is 0. The lowest BCUT2D eigenvalue weighted by Crippen LogP contribution is -2.70. The van der Waals surface area contributed by atoms with Crippen molar-refractivity contribution in [3.8, 4) is 57.5 Å². The summed E-state index contributed by atoms with van der Waals surface area (Å²) in [6.45, 7) is 19.1. The van der Waals surface area contributed by atoms with E-state index in [0.29, 0.717) is 91.5 Å². The molecule has 0 aromatic carbocycles. The summed E-state index contributed by atoms with van der Waals surface area (Å²) in [5.41, 5.74) is 19.9. The second-order valence-electron chi connectivity index (χ2n) is 35.0. The average molecular weight is 1700 g/mol. The van der Waals surface area contributed by atoms with Crippen LogP contribution in [0, 0.1) is 47.4 Å². The van der Waals surface area contributed by atoms with E-state index in [2.05, 4.69) is 146 Å². The van der Waals surface area contributed by atoms with Gasteiger partial charge in [-0.05, 0) is 213 Å². The van der Waals surface area contributed by atoms with E-state index in [1.165, 1.54) is 65.1 Å². The number of aromatic amines is 3. The molecule has 9 aliphatic heterocycles. The standard InChI is InChI=1S/C33H36N10O.C32H34N10.C29H27FN10O/c1-21-12-25(14-26-13-22(2)39-40-26)38-33(37-21)24-7-9-30(35-17-24)41-19-27-15-28(20-41)42(27)18-23-6-8-31(34-16-23)43-32(10-11-36-43)44-29-4-3-5-29;1-20-10-25(12-26-11-21(2)37-38-26)36-32(35-20)23-7-9-30(34-15-23)40-18-27-13-28(19-40)41(27)16-22-6-8-31(33-14-22)42-17-24-4-3-5-29(24)39-42;1-17-7-22(9-23-8-18(2)36-37-23)35-28(34-17)19-3-5-26(31-11-19)38-15-24-10-25(16-38)40(24)29(41)20-4-6-27(32-12-20)39-14-21(30)13-33-39/h6-13,16-17,27-29H,3-5,14-15,18-20H2,1-2H3,(H,39,40);6-11,14-15,17,27-28H,3-5,12-13,16,18-19H2,1-2H3,(H,37,38);3-8,11-14,24-25H,9-10,15-16H2,1-2H3,(H,36,37). The highest BCUT2D eigenvalue weighted by Gasteiger charge is 2.49. The largest absolute Gasteiger partial charge is 0.474 e. The summed E-state index contributed by atoms with van der Waals surface area (Å²) < 4.78 is 24.4. The Labute approximate surface area is 732 Å². The number of piperazine rings is 3. The molecule has 0 spiro atoms. The van der Waals surface area contributed by atoms with Gasteiger partial charge in [0.15, 0.2) is 40.7 Å². The van der Waals surface area contributed by atoms with Gasteiger partial charge in [-0.1, -0.05) is 12.1 Å². The van der Waals surface area contributed by atoms with Crippen molar-refractivity contribution in [2.75, 3.05) is 54.0 Å². The van der Waals surface area contributed by atoms with Gasteiger partial charge in [0.25, 0.3) is 5.91 Å². The smallest absolute Gasteiger partial charge is 0.256 e. The quantitative estimate of drug-likeness (QED) is 0.0567. The van der Waals surface area contributed by atoms with Crippen molar-refractivity contribution in [2.24, 2.45) is 0 Å². The van der Waals surface area contributed by atoms with Crippen molar-refractivity contribution in [1.29, 1.82) is 0 Å². The lowest BCUT2D eigenvalue weighted by Gasteiger charge is -2.56. The van der Waals surface area contributed by atoms with Crippen LogP contribution < -0.4 is 19.4 Å². The van der Waals surface area contributed by atoms with Crippen molar-refractivity contribution in [3.63, 3.8) is 0 Å². The molecule has 642 valence electrons. The first-order valence-corrected chi connectivity index (χ1v) is 43.9. The molecule has 9 saturated heterocycles. The maximum absolute atomic E-state index is 13.3. The number of carbonyl (C=O) groups excluding carboxylic acids is 1. The molecule has 6 atom stereocenters. The zero-order chi connectivity index (χ0) is 85.9. The Morgan fingerprint density at radius 3 is 1.29 bits per heavy atom. The van der Waals surface area contributed by atoms with E-state index in [0.717, 1.165) is 198 Å². The average Bonchev–Trinajstić information content (AvgIpc) is 1.21. The topological polar surface area (TPSA) is 340 Å². The first-order valence-electron chi connectivity index (χ1n) is 43.9. The van der Waals surface area contributed by atoms with Gasteiger partial charge in [-0.3, -0.25) is 29.9 Å². The number of halogens is 1. The summed E-state index contributed by atoms with van der Waals surface area (Å²) in [4.78, 5) is 84.0. The van der Waals surface area contributed by atoms with Crippen molar-refractivity contribution in [3.05, 3.63) is 279 Å². The van der Waals surface area contributed by atoms with Crippen molar-refractivity contribution in [1.82, 2.24) is 134 Å². The number of hydrogen-bond donors (Lipinski definition) is 3. The van der Waals surface area contributed by atoms with Crippen molar-refractivity contribution >= 4 is 23.4 Å². The molecule has 0 radical (unpaired) electrons. The fraction of sp³-hybridized carbons (Fsp3) is 0.351. The predicted molar refractivity (Wildman–Crippen MR) is 473 cm³/mol. The third-order valence-corrected chi connectivity index (χ3v) is 25.5. The summed E-state index contributed by atoms with van der Waals surface area (Å²) >= 11 is 0. The van der Waals surface area contributed by atoms with Crippen molar-refractivity contribution < 1.29 is 13.9 Å². The fourth-order valence-corrected chi connectivity index (χ4v) is 18.9. The zero-order valence-electron chi connectivity index (χ0n) is 71.7. The number of H-pyrrole nitrogens is 3. The molecule has 33 heteroatoms. The summed E-state index contributed by atoms with van der Waals surface area (Å²) in [5, 5.41) is 35.1. The van der Waals surface area contributed by atoms with E-state index in [1.807, 2.05) is 131 Å². The number of nitrogens with zero attached hydrogens (tertiary/aromatic N) is 27. The molecule has 10 fully saturated rings. The minimum atomic E-state index is -0.442. The monoisotopic (exact) mass is 1700 g/mol. The second kappa shape index (κ2) is 34.1. The Morgan fingerprint density at radius 1 is 0.433 bits per heavy atom. The van der Waals surface area contributed by atoms with E-state index in [9.17, 15) is 9.18 Å². The summed E-state index contributed by atoms with van der Waals surface area (Å²) in [5.74, 6) is 7.37. The first kappa shape index (κ1) is 80.1. The first-order chi connectivity index (χ1) is 62.0. The van der Waals surface area contributed by atoms with Gasteiger partial charge in [0.2, 0.25) is 5.88 Å². The summed E-state index contributed by atoms with van der Waals surface area (Å²) in [6.07, 6.45) is 30.1. The molecule has 1 saturated carbocycles. The molecule has 15 aromatic rings. The maximum atomic E-state index is 13.3. The number of piperidine rings is 3. The second-order valence-corrected chi connectivity index (χ2v) is 35.0. The molecule has 24 heterocycles. The van der Waals surface area contributed by atoms with E-state index < -0.39 is 5.82 Å². The highest BCUT2D eigenvalue weighted by Crippen LogP contribution is 2.40. The highest BCUT2D eigenvalue weighted by molar-refractivity contribution is 5.95. The van der Waals surface area contributed by atoms with Crippen LogP contribution in [0.4, 0.5) is 21.8 Å². The van der Waals surface area contributed by atoms with Gasteiger partial charge in [-0.2, -0.15) is 35.3 Å². The number of rotatable bonds is 22. The van der Waals surface area contributed by atoms with Gasteiger partial charge in [0.1, 0.15) is 23.6 Å². The number of carbonyl (C=O) groups is 1. The number of anilines is 3. The lowest BCUT2D eigenvalue weighted by atomic mass is 9.86. The third kappa shape index (κ3) is 17.3. The number of fused-ring (bicyclic) bond motifs is 7. The Hall–Kier alpha value is -14.1. The lowest BCUT2D eigenvalue weighted by molar-refractivity contribution is -0.00877. The van der Waals surface area contributed by atoms with Crippen LogP contribution in [0.15, 0.2) is 177 Å². The molecule has 11 aliphatic rings. The Kier molecular flexibility index (Phi) is 21.5. The molecule has 3 N–H and O–H groups in total. The molecular weight excluding hydrogens is 1600 g/mol. The van der Waals surface area contributed by atoms with E-state index >= 15 is 0 Å². The predicted octanol–water partition coefficient (Wildman–Crippen LogP) is 11.7. The molecule has 1 amide bonds. The zero-order valence-corrected chi connectivity index (χ0v) is 71.7. The normalized spacial score (nSPS) is 19.2. The molecule has 26 rings (SSSR count). The van der Waals surface area contributed by atoms with Gasteiger partial charge in [-0.15, -0.1) is 0 Å². The number of aryl methyl sites for hydroxylation is 8. The van der Waals surface area contributed by atoms with Crippen LogP contribution in [0.3, 0.4) is 0 Å². The number of aromatic nitrogens is 24. The van der Waals surface area contributed by atoms with Gasteiger partial charge >= 0.3 is 0 Å². The number of ether oxygens (including phenoxy) is 1. The van der Waals surface area contributed by atoms with Gasteiger partial charge in [0, 0.05) is 196 Å². The van der Waals surface area contributed by atoms with Gasteiger partial charge in [-0.25, -0.2) is 73.6 Å². The molecule has 32 nitrogen and oxygen atoms in total. The van der Waals surface area contributed by atoms with Crippen LogP contribution in [0.25, 0.3) is 51.6 Å². The Bertz CT molecular complexity index is 6400. The number of hydrogen-bond acceptors (Lipinski definition) is 25. The summed E-state index contributed by atoms with van der Waals surface area (Å²) in [6, 6.07) is 40.7. The number of pyridine rings is 6. The van der Waals surface area contributed by atoms with Crippen LogP contribution in [-0.4, -0.2) is 222 Å². The molecule has 6 bridgehead atoms. The molecule has 127 heavy (non-hydrogen) atoms. The van der Waals surface area contributed by atoms with E-state index in [-0.39, 0.29) is 18.0 Å². The SMILES string of the molecule is Cc1cc(Cc2cc(C)[nH]n2)nc(-c2ccc(N3CC4CC(C3)N4C(=O)c3ccc(-n4cc(F)cn4)nc3)nc2)n1.Cc1cc(Cc2cc(C)[nH]n2)nc(-c2ccc(N3CC4CC(C3)N4Cc3ccc(-n4cc5c(n4)CCC5)nc3)nc2)n1.Cc1cc(Cc2cc(C)[nH]n2)nc(-c2ccc(N3CC4CC(C3)N4Cc3ccc(-n4nccc4OC4CCC4)nc3)nc2)n1. The van der Waals surface area contributed by atoms with Crippen LogP contribution >= 0.6 is 0 Å². The highest BCUT2D eigenvalue weighted by atomic mass is 19.1. The number of amides is 1. The Morgan fingerprint density at radius 2 is 0.882 bits per heavy atom. The molecule has 6 unspecified atom stereocenters. The van der Waals surface area contributed by atoms with Crippen LogP contribution in [0.5, 0.6) is 5.88 Å². The third-order valence-electron chi connectivity index (χ3n) is 25.5. The molecule has 2 aliphatic carbocycles. The molecular formula is C94H97FN30O2. The van der Waals surface area contributed by atoms with Crippen LogP contribution in [-0.2, 0) is 45.2 Å². The van der Waals surface area contributed by atoms with E-state index in [1.54, 1.807) is 23.0 Å². The van der Waals surface area contributed by atoms with Gasteiger partial charge < -0.3 is 24.3 Å². The minimum Gasteiger partial charge on any atom is -0.474 e.